The van der Waals surface area contributed by atoms with Crippen molar-refractivity contribution in [2.45, 2.75) is 6.10 Å². The van der Waals surface area contributed by atoms with Gasteiger partial charge in [-0.25, -0.2) is 0 Å². The zero-order valence-electron chi connectivity index (χ0n) is 10.5. The first-order chi connectivity index (χ1) is 9.60. The Morgan fingerprint density at radius 3 is 2.45 bits per heavy atom. The summed E-state index contributed by atoms with van der Waals surface area (Å²) in [5, 5.41) is 22.0. The van der Waals surface area contributed by atoms with Crippen molar-refractivity contribution < 1.29 is 5.11 Å². The molecule has 5 heteroatoms. The Kier molecular flexibility index (Phi) is 5.18. The lowest BCUT2D eigenvalue weighted by molar-refractivity contribution is 0.191. The maximum atomic E-state index is 10.1. The molecule has 2 aromatic carbocycles. The summed E-state index contributed by atoms with van der Waals surface area (Å²) in [7, 11) is 0. The van der Waals surface area contributed by atoms with Gasteiger partial charge in [0.2, 0.25) is 0 Å². The molecule has 1 unspecified atom stereocenters. The Bertz CT molecular complexity index is 635. The number of nitrogens with one attached hydrogen (secondary N) is 1. The Morgan fingerprint density at radius 1 is 1.15 bits per heavy atom. The summed E-state index contributed by atoms with van der Waals surface area (Å²) >= 11 is 6.86. The maximum absolute atomic E-state index is 10.1. The van der Waals surface area contributed by atoms with Crippen LogP contribution in [0.5, 0.6) is 0 Å². The minimum absolute atomic E-state index is 0.395. The molecule has 0 radical (unpaired) electrons. The number of aliphatic hydroxyl groups excluding tert-OH is 1. The molecule has 0 amide bonds. The van der Waals surface area contributed by atoms with Crippen LogP contribution in [0.2, 0.25) is 0 Å². The van der Waals surface area contributed by atoms with E-state index in [1.165, 1.54) is 0 Å². The third-order valence-corrected chi connectivity index (χ3v) is 3.99. The fourth-order valence-electron chi connectivity index (χ4n) is 1.74. The van der Waals surface area contributed by atoms with Crippen molar-refractivity contribution in [3.05, 3.63) is 62.5 Å². The van der Waals surface area contributed by atoms with Crippen molar-refractivity contribution in [1.29, 1.82) is 5.26 Å². The molecule has 0 aliphatic heterocycles. The molecule has 3 nitrogen and oxygen atoms in total. The Morgan fingerprint density at radius 2 is 1.85 bits per heavy atom. The predicted molar refractivity (Wildman–Crippen MR) is 86.4 cm³/mol. The zero-order valence-corrected chi connectivity index (χ0v) is 13.6. The summed E-state index contributed by atoms with van der Waals surface area (Å²) in [6.45, 7) is 0.395. The molecule has 2 aromatic rings. The number of aliphatic hydroxyl groups is 1. The van der Waals surface area contributed by atoms with Crippen molar-refractivity contribution in [2.75, 3.05) is 11.9 Å². The number of hydrogen-bond acceptors (Lipinski definition) is 3. The van der Waals surface area contributed by atoms with E-state index in [2.05, 4.69) is 43.2 Å². The first kappa shape index (κ1) is 15.0. The molecule has 1 atom stereocenters. The summed E-state index contributed by atoms with van der Waals surface area (Å²) in [6, 6.07) is 14.8. The first-order valence-corrected chi connectivity index (χ1v) is 7.56. The number of nitriles is 1. The number of nitrogens with zero attached hydrogens (tertiary/aromatic N) is 1. The highest BCUT2D eigenvalue weighted by molar-refractivity contribution is 9.11. The Labute approximate surface area is 134 Å². The van der Waals surface area contributed by atoms with Crippen molar-refractivity contribution in [3.63, 3.8) is 0 Å². The molecule has 0 heterocycles. The molecular formula is C15H12Br2N2O. The van der Waals surface area contributed by atoms with Crippen LogP contribution in [0.4, 0.5) is 5.69 Å². The smallest absolute Gasteiger partial charge is 0.0991 e. The van der Waals surface area contributed by atoms with Crippen LogP contribution in [0.25, 0.3) is 0 Å². The minimum atomic E-state index is -0.627. The van der Waals surface area contributed by atoms with E-state index in [-0.39, 0.29) is 0 Å². The van der Waals surface area contributed by atoms with Gasteiger partial charge in [0.1, 0.15) is 0 Å². The van der Waals surface area contributed by atoms with E-state index in [0.717, 1.165) is 20.2 Å². The van der Waals surface area contributed by atoms with E-state index < -0.39 is 6.10 Å². The number of benzene rings is 2. The topological polar surface area (TPSA) is 56.0 Å². The van der Waals surface area contributed by atoms with E-state index in [1.54, 1.807) is 24.3 Å². The van der Waals surface area contributed by atoms with Crippen molar-refractivity contribution in [2.24, 2.45) is 0 Å². The summed E-state index contributed by atoms with van der Waals surface area (Å²) in [4.78, 5) is 0. The van der Waals surface area contributed by atoms with Crippen LogP contribution >= 0.6 is 31.9 Å². The molecule has 0 fully saturated rings. The van der Waals surface area contributed by atoms with Crippen LogP contribution in [-0.2, 0) is 0 Å². The largest absolute Gasteiger partial charge is 0.387 e. The van der Waals surface area contributed by atoms with E-state index in [1.807, 2.05) is 18.2 Å². The van der Waals surface area contributed by atoms with Crippen molar-refractivity contribution in [1.82, 2.24) is 0 Å². The van der Waals surface area contributed by atoms with Crippen molar-refractivity contribution in [3.8, 4) is 6.07 Å². The van der Waals surface area contributed by atoms with E-state index in [4.69, 9.17) is 5.26 Å². The summed E-state index contributed by atoms with van der Waals surface area (Å²) in [5.74, 6) is 0. The highest BCUT2D eigenvalue weighted by Crippen LogP contribution is 2.26. The van der Waals surface area contributed by atoms with Crippen LogP contribution in [0.3, 0.4) is 0 Å². The van der Waals surface area contributed by atoms with E-state index >= 15 is 0 Å². The lowest BCUT2D eigenvalue weighted by atomic mass is 10.1. The standard InChI is InChI=1S/C15H12Br2N2O/c16-12-5-6-14(13(17)7-12)19-9-15(20)11-3-1-10(8-18)2-4-11/h1-7,15,19-20H,9H2. The molecule has 0 saturated carbocycles. The molecule has 0 aromatic heterocycles. The van der Waals surface area contributed by atoms with Crippen LogP contribution < -0.4 is 5.32 Å². The Hall–Kier alpha value is -1.35. The average Bonchev–Trinajstić information content (AvgIpc) is 2.46. The number of anilines is 1. The predicted octanol–water partition coefficient (Wildman–Crippen LogP) is 4.23. The molecule has 2 N–H and O–H groups in total. The third kappa shape index (κ3) is 3.83. The molecule has 0 aliphatic carbocycles. The Balaban J connectivity index is 2.00. The minimum Gasteiger partial charge on any atom is -0.387 e. The summed E-state index contributed by atoms with van der Waals surface area (Å²) < 4.78 is 1.92. The summed E-state index contributed by atoms with van der Waals surface area (Å²) in [6.07, 6.45) is -0.627. The molecule has 0 aliphatic rings. The second-order valence-corrected chi connectivity index (χ2v) is 6.02. The molecule has 0 bridgehead atoms. The molecule has 0 spiro atoms. The zero-order chi connectivity index (χ0) is 14.5. The van der Waals surface area contributed by atoms with Gasteiger partial charge in [-0.1, -0.05) is 28.1 Å². The van der Waals surface area contributed by atoms with Crippen LogP contribution in [-0.4, -0.2) is 11.7 Å². The van der Waals surface area contributed by atoms with Gasteiger partial charge in [-0.2, -0.15) is 5.26 Å². The molecule has 2 rings (SSSR count). The lowest BCUT2D eigenvalue weighted by Crippen LogP contribution is -2.12. The van der Waals surface area contributed by atoms with Gasteiger partial charge >= 0.3 is 0 Å². The van der Waals surface area contributed by atoms with Gasteiger partial charge < -0.3 is 10.4 Å². The van der Waals surface area contributed by atoms with E-state index in [0.29, 0.717) is 12.1 Å². The maximum Gasteiger partial charge on any atom is 0.0991 e. The molecule has 102 valence electrons. The molecule has 0 saturated heterocycles. The third-order valence-electron chi connectivity index (χ3n) is 2.84. The van der Waals surface area contributed by atoms with Gasteiger partial charge in [0.15, 0.2) is 0 Å². The highest BCUT2D eigenvalue weighted by atomic mass is 79.9. The number of hydrogen-bond donors (Lipinski definition) is 2. The van der Waals surface area contributed by atoms with E-state index in [9.17, 15) is 5.11 Å². The van der Waals surface area contributed by atoms with Gasteiger partial charge in [0.05, 0.1) is 17.7 Å². The SMILES string of the molecule is N#Cc1ccc(C(O)CNc2ccc(Br)cc2Br)cc1. The summed E-state index contributed by atoms with van der Waals surface area (Å²) in [5.41, 5.74) is 2.29. The van der Waals surface area contributed by atoms with Gasteiger partial charge in [-0.05, 0) is 51.8 Å². The number of rotatable bonds is 4. The highest BCUT2D eigenvalue weighted by Gasteiger charge is 2.08. The van der Waals surface area contributed by atoms with Gasteiger partial charge in [0, 0.05) is 21.2 Å². The molecular weight excluding hydrogens is 384 g/mol. The second-order valence-electron chi connectivity index (χ2n) is 4.25. The lowest BCUT2D eigenvalue weighted by Gasteiger charge is -2.14. The fourth-order valence-corrected chi connectivity index (χ4v) is 2.92. The second kappa shape index (κ2) is 6.89. The van der Waals surface area contributed by atoms with Crippen LogP contribution in [0.1, 0.15) is 17.2 Å². The van der Waals surface area contributed by atoms with Crippen LogP contribution in [0, 0.1) is 11.3 Å². The first-order valence-electron chi connectivity index (χ1n) is 5.97. The van der Waals surface area contributed by atoms with Crippen LogP contribution in [0.15, 0.2) is 51.4 Å². The number of halogens is 2. The molecule has 20 heavy (non-hydrogen) atoms. The van der Waals surface area contributed by atoms with Crippen molar-refractivity contribution >= 4 is 37.5 Å². The average molecular weight is 396 g/mol. The van der Waals surface area contributed by atoms with Gasteiger partial charge in [-0.3, -0.25) is 0 Å². The quantitative estimate of drug-likeness (QED) is 0.814. The monoisotopic (exact) mass is 394 g/mol. The normalized spacial score (nSPS) is 11.7. The fraction of sp³-hybridized carbons (Fsp3) is 0.133. The van der Waals surface area contributed by atoms with Gasteiger partial charge in [-0.15, -0.1) is 0 Å². The van der Waals surface area contributed by atoms with Gasteiger partial charge in [0.25, 0.3) is 0 Å².